The van der Waals surface area contributed by atoms with Crippen LogP contribution in [0.25, 0.3) is 0 Å². The quantitative estimate of drug-likeness (QED) is 0.462. The van der Waals surface area contributed by atoms with E-state index in [0.29, 0.717) is 6.04 Å². The molecule has 0 aromatic carbocycles. The standard InChI is InChI=1S/C9H16N2OS2/c1-4-7(2)11-8-13-6-9(3,14-8)5-10-12/h5,7,12H,4,6H2,1-3H3/b10-5+,11-8?. The summed E-state index contributed by atoms with van der Waals surface area (Å²) in [5.41, 5.74) is 0. The molecule has 0 aromatic rings. The first-order valence-electron chi connectivity index (χ1n) is 4.68. The van der Waals surface area contributed by atoms with E-state index in [2.05, 4.69) is 30.9 Å². The summed E-state index contributed by atoms with van der Waals surface area (Å²) in [6, 6.07) is 0.387. The maximum absolute atomic E-state index is 8.51. The lowest BCUT2D eigenvalue weighted by Crippen LogP contribution is -2.21. The Morgan fingerprint density at radius 1 is 1.71 bits per heavy atom. The summed E-state index contributed by atoms with van der Waals surface area (Å²) < 4.78 is 1.02. The zero-order valence-electron chi connectivity index (χ0n) is 8.73. The number of rotatable bonds is 3. The second-order valence-electron chi connectivity index (χ2n) is 3.60. The molecule has 0 aromatic heterocycles. The van der Waals surface area contributed by atoms with E-state index in [1.807, 2.05) is 0 Å². The number of hydrogen-bond acceptors (Lipinski definition) is 5. The van der Waals surface area contributed by atoms with Gasteiger partial charge in [-0.05, 0) is 20.3 Å². The molecule has 5 heteroatoms. The lowest BCUT2D eigenvalue weighted by Gasteiger charge is -2.12. The SMILES string of the molecule is CCC(C)N=C1SCC(C)(/C=N/O)S1. The van der Waals surface area contributed by atoms with E-state index in [0.717, 1.165) is 16.5 Å². The molecule has 2 atom stereocenters. The van der Waals surface area contributed by atoms with Crippen LogP contribution in [0.1, 0.15) is 27.2 Å². The zero-order valence-corrected chi connectivity index (χ0v) is 10.4. The Morgan fingerprint density at radius 3 is 3.00 bits per heavy atom. The molecule has 1 saturated heterocycles. The van der Waals surface area contributed by atoms with Gasteiger partial charge in [-0.2, -0.15) is 0 Å². The fraction of sp³-hybridized carbons (Fsp3) is 0.778. The van der Waals surface area contributed by atoms with Gasteiger partial charge in [-0.15, -0.1) is 5.16 Å². The molecule has 0 radical (unpaired) electrons. The lowest BCUT2D eigenvalue weighted by atomic mass is 10.2. The van der Waals surface area contributed by atoms with Gasteiger partial charge in [-0.1, -0.05) is 30.4 Å². The van der Waals surface area contributed by atoms with E-state index < -0.39 is 0 Å². The molecule has 0 aliphatic carbocycles. The second kappa shape index (κ2) is 5.07. The average Bonchev–Trinajstić information content (AvgIpc) is 2.48. The third kappa shape index (κ3) is 3.20. The minimum absolute atomic E-state index is 0.0916. The Hall–Kier alpha value is -0.160. The van der Waals surface area contributed by atoms with Gasteiger partial charge in [0.05, 0.1) is 11.0 Å². The maximum atomic E-state index is 8.51. The highest BCUT2D eigenvalue weighted by Gasteiger charge is 2.33. The van der Waals surface area contributed by atoms with Crippen LogP contribution in [-0.4, -0.2) is 32.3 Å². The molecule has 2 unspecified atom stereocenters. The Bertz CT molecular complexity index is 255. The van der Waals surface area contributed by atoms with Crippen molar-refractivity contribution in [3.8, 4) is 0 Å². The van der Waals surface area contributed by atoms with Gasteiger partial charge >= 0.3 is 0 Å². The topological polar surface area (TPSA) is 45.0 Å². The van der Waals surface area contributed by atoms with Crippen LogP contribution in [0.2, 0.25) is 0 Å². The van der Waals surface area contributed by atoms with E-state index in [4.69, 9.17) is 5.21 Å². The van der Waals surface area contributed by atoms with Gasteiger partial charge in [0.1, 0.15) is 4.38 Å². The first-order valence-corrected chi connectivity index (χ1v) is 6.48. The molecule has 0 spiro atoms. The summed E-state index contributed by atoms with van der Waals surface area (Å²) >= 11 is 3.43. The minimum Gasteiger partial charge on any atom is -0.411 e. The van der Waals surface area contributed by atoms with Gasteiger partial charge in [-0.3, -0.25) is 4.99 Å². The molecular weight excluding hydrogens is 216 g/mol. The molecule has 1 aliphatic heterocycles. The van der Waals surface area contributed by atoms with Crippen molar-refractivity contribution >= 4 is 34.1 Å². The highest BCUT2D eigenvalue weighted by Crippen LogP contribution is 2.41. The number of hydrogen-bond donors (Lipinski definition) is 1. The molecule has 3 nitrogen and oxygen atoms in total. The van der Waals surface area contributed by atoms with Crippen molar-refractivity contribution in [3.63, 3.8) is 0 Å². The molecule has 0 amide bonds. The molecular formula is C9H16N2OS2. The van der Waals surface area contributed by atoms with E-state index in [1.54, 1.807) is 29.7 Å². The predicted molar refractivity (Wildman–Crippen MR) is 65.9 cm³/mol. The van der Waals surface area contributed by atoms with Crippen molar-refractivity contribution in [1.82, 2.24) is 0 Å². The number of thioether (sulfide) groups is 2. The zero-order chi connectivity index (χ0) is 10.6. The first-order chi connectivity index (χ1) is 6.59. The van der Waals surface area contributed by atoms with Crippen LogP contribution in [0.5, 0.6) is 0 Å². The molecule has 0 saturated carbocycles. The summed E-state index contributed by atoms with van der Waals surface area (Å²) in [5, 5.41) is 11.6. The van der Waals surface area contributed by atoms with Crippen LogP contribution in [0.4, 0.5) is 0 Å². The Morgan fingerprint density at radius 2 is 2.43 bits per heavy atom. The molecule has 1 N–H and O–H groups in total. The fourth-order valence-electron chi connectivity index (χ4n) is 0.984. The van der Waals surface area contributed by atoms with Crippen LogP contribution < -0.4 is 0 Å². The second-order valence-corrected chi connectivity index (χ2v) is 6.35. The summed E-state index contributed by atoms with van der Waals surface area (Å²) in [4.78, 5) is 4.57. The Balaban J connectivity index is 2.60. The molecule has 0 bridgehead atoms. The molecule has 1 fully saturated rings. The van der Waals surface area contributed by atoms with Gasteiger partial charge in [-0.25, -0.2) is 0 Å². The van der Waals surface area contributed by atoms with Gasteiger partial charge in [0, 0.05) is 11.8 Å². The molecule has 1 heterocycles. The summed E-state index contributed by atoms with van der Waals surface area (Å²) in [6.45, 7) is 6.31. The Kier molecular flexibility index (Phi) is 4.31. The molecule has 14 heavy (non-hydrogen) atoms. The Labute approximate surface area is 93.4 Å². The monoisotopic (exact) mass is 232 g/mol. The van der Waals surface area contributed by atoms with Crippen molar-refractivity contribution in [1.29, 1.82) is 0 Å². The minimum atomic E-state index is -0.0916. The van der Waals surface area contributed by atoms with E-state index in [9.17, 15) is 0 Å². The van der Waals surface area contributed by atoms with Crippen molar-refractivity contribution < 1.29 is 5.21 Å². The number of nitrogens with zero attached hydrogens (tertiary/aromatic N) is 2. The van der Waals surface area contributed by atoms with Crippen molar-refractivity contribution in [3.05, 3.63) is 0 Å². The van der Waals surface area contributed by atoms with Gasteiger partial charge in [0.15, 0.2) is 0 Å². The van der Waals surface area contributed by atoms with Crippen molar-refractivity contribution in [2.45, 2.75) is 38.0 Å². The van der Waals surface area contributed by atoms with E-state index in [-0.39, 0.29) is 4.75 Å². The summed E-state index contributed by atoms with van der Waals surface area (Å²) in [6.07, 6.45) is 2.65. The lowest BCUT2D eigenvalue weighted by molar-refractivity contribution is 0.320. The smallest absolute Gasteiger partial charge is 0.125 e. The van der Waals surface area contributed by atoms with Gasteiger partial charge in [0.25, 0.3) is 0 Å². The molecule has 1 aliphatic rings. The van der Waals surface area contributed by atoms with Crippen molar-refractivity contribution in [2.75, 3.05) is 5.75 Å². The first kappa shape index (κ1) is 11.9. The average molecular weight is 232 g/mol. The fourth-order valence-corrected chi connectivity index (χ4v) is 3.85. The summed E-state index contributed by atoms with van der Waals surface area (Å²) in [7, 11) is 0. The third-order valence-electron chi connectivity index (χ3n) is 2.05. The van der Waals surface area contributed by atoms with Gasteiger partial charge in [0.2, 0.25) is 0 Å². The van der Waals surface area contributed by atoms with Crippen LogP contribution in [0.15, 0.2) is 10.1 Å². The van der Waals surface area contributed by atoms with E-state index in [1.165, 1.54) is 0 Å². The maximum Gasteiger partial charge on any atom is 0.125 e. The molecule has 1 rings (SSSR count). The molecule has 80 valence electrons. The highest BCUT2D eigenvalue weighted by molar-refractivity contribution is 8.42. The number of aliphatic imine (C=N–C) groups is 1. The summed E-state index contributed by atoms with van der Waals surface area (Å²) in [5.74, 6) is 0.928. The number of oxime groups is 1. The largest absolute Gasteiger partial charge is 0.411 e. The van der Waals surface area contributed by atoms with Gasteiger partial charge < -0.3 is 5.21 Å². The van der Waals surface area contributed by atoms with Crippen LogP contribution in [0.3, 0.4) is 0 Å². The van der Waals surface area contributed by atoms with Crippen LogP contribution in [-0.2, 0) is 0 Å². The van der Waals surface area contributed by atoms with E-state index >= 15 is 0 Å². The van der Waals surface area contributed by atoms with Crippen LogP contribution in [0, 0.1) is 0 Å². The predicted octanol–water partition coefficient (Wildman–Crippen LogP) is 2.84. The normalized spacial score (nSPS) is 32.9. The van der Waals surface area contributed by atoms with Crippen molar-refractivity contribution in [2.24, 2.45) is 10.1 Å². The third-order valence-corrected chi connectivity index (χ3v) is 4.93. The highest BCUT2D eigenvalue weighted by atomic mass is 32.2. The van der Waals surface area contributed by atoms with Crippen LogP contribution >= 0.6 is 23.5 Å².